The lowest BCUT2D eigenvalue weighted by molar-refractivity contribution is -0.167. The van der Waals surface area contributed by atoms with E-state index in [2.05, 4.69) is 39.2 Å². The third-order valence-corrected chi connectivity index (χ3v) is 8.70. The van der Waals surface area contributed by atoms with Crippen molar-refractivity contribution in [1.82, 2.24) is 5.32 Å². The minimum absolute atomic E-state index is 0.0388. The van der Waals surface area contributed by atoms with Gasteiger partial charge >= 0.3 is 0 Å². The normalized spacial score (nSPS) is 26.1. The second-order valence-electron chi connectivity index (χ2n) is 7.22. The summed E-state index contributed by atoms with van der Waals surface area (Å²) >= 11 is 0. The molecule has 0 spiro atoms. The van der Waals surface area contributed by atoms with Gasteiger partial charge in [-0.1, -0.05) is 20.8 Å². The summed E-state index contributed by atoms with van der Waals surface area (Å²) in [6.45, 7) is 17.0. The van der Waals surface area contributed by atoms with Gasteiger partial charge in [-0.25, -0.2) is 0 Å². The molecule has 1 rings (SSSR count). The quantitative estimate of drug-likeness (QED) is 0.625. The summed E-state index contributed by atoms with van der Waals surface area (Å²) in [4.78, 5) is 11.7. The number of hydrogen-bond acceptors (Lipinski definition) is 3. The van der Waals surface area contributed by atoms with Crippen molar-refractivity contribution in [3.8, 4) is 0 Å². The Hall–Kier alpha value is -0.393. The highest BCUT2D eigenvalue weighted by Gasteiger charge is 2.48. The summed E-state index contributed by atoms with van der Waals surface area (Å²) in [6, 6.07) is 0. The molecule has 0 aromatic heterocycles. The van der Waals surface area contributed by atoms with Crippen LogP contribution in [0.2, 0.25) is 18.1 Å². The molecule has 0 aromatic rings. The van der Waals surface area contributed by atoms with Crippen molar-refractivity contribution in [2.24, 2.45) is 5.92 Å². The molecule has 1 unspecified atom stereocenters. The zero-order valence-corrected chi connectivity index (χ0v) is 14.5. The SMILES string of the molecule is CC(C)O[C@H]1NC(=O)[C@@H]1C(C)O[Si](C)(C)C(C)(C)C. The second-order valence-corrected chi connectivity index (χ2v) is 12.0. The third kappa shape index (κ3) is 3.80. The number of carbonyl (C=O) groups is 1. The van der Waals surface area contributed by atoms with Crippen molar-refractivity contribution in [3.63, 3.8) is 0 Å². The van der Waals surface area contributed by atoms with Crippen LogP contribution in [0.5, 0.6) is 0 Å². The van der Waals surface area contributed by atoms with E-state index in [0.717, 1.165) is 0 Å². The molecular weight excluding hydrogens is 258 g/mol. The molecule has 19 heavy (non-hydrogen) atoms. The molecule has 0 aliphatic carbocycles. The van der Waals surface area contributed by atoms with E-state index in [1.54, 1.807) is 0 Å². The summed E-state index contributed by atoms with van der Waals surface area (Å²) in [6.07, 6.45) is -0.196. The van der Waals surface area contributed by atoms with Gasteiger partial charge < -0.3 is 14.5 Å². The number of β-lactam (4-membered cyclic amide) rings is 1. The van der Waals surface area contributed by atoms with Gasteiger partial charge in [-0.3, -0.25) is 4.79 Å². The number of rotatable bonds is 5. The van der Waals surface area contributed by atoms with Crippen LogP contribution in [0.25, 0.3) is 0 Å². The average molecular weight is 287 g/mol. The number of hydrogen-bond donors (Lipinski definition) is 1. The van der Waals surface area contributed by atoms with Gasteiger partial charge in [0.05, 0.1) is 12.2 Å². The van der Waals surface area contributed by atoms with Crippen LogP contribution < -0.4 is 5.32 Å². The Morgan fingerprint density at radius 3 is 2.11 bits per heavy atom. The van der Waals surface area contributed by atoms with Crippen molar-refractivity contribution in [2.75, 3.05) is 0 Å². The van der Waals surface area contributed by atoms with Crippen LogP contribution in [0.15, 0.2) is 0 Å². The van der Waals surface area contributed by atoms with Gasteiger partial charge in [0.2, 0.25) is 5.91 Å². The van der Waals surface area contributed by atoms with Crippen LogP contribution in [0.1, 0.15) is 41.5 Å². The first-order valence-electron chi connectivity index (χ1n) is 7.09. The molecule has 4 nitrogen and oxygen atoms in total. The first-order valence-corrected chi connectivity index (χ1v) is 10.00. The molecule has 3 atom stereocenters. The van der Waals surface area contributed by atoms with Crippen LogP contribution in [-0.4, -0.2) is 32.7 Å². The molecule has 112 valence electrons. The Morgan fingerprint density at radius 2 is 1.74 bits per heavy atom. The molecule has 0 radical (unpaired) electrons. The Bertz CT molecular complexity index is 336. The van der Waals surface area contributed by atoms with Crippen molar-refractivity contribution in [1.29, 1.82) is 0 Å². The van der Waals surface area contributed by atoms with Crippen molar-refractivity contribution in [2.45, 2.75) is 78.1 Å². The van der Waals surface area contributed by atoms with Gasteiger partial charge in [0, 0.05) is 0 Å². The zero-order valence-electron chi connectivity index (χ0n) is 13.5. The predicted molar refractivity (Wildman–Crippen MR) is 79.4 cm³/mol. The van der Waals surface area contributed by atoms with E-state index in [9.17, 15) is 4.79 Å². The van der Waals surface area contributed by atoms with Crippen LogP contribution in [0, 0.1) is 5.92 Å². The first kappa shape index (κ1) is 16.7. The molecule has 0 aromatic carbocycles. The molecule has 1 aliphatic heterocycles. The topological polar surface area (TPSA) is 47.6 Å². The highest BCUT2D eigenvalue weighted by Crippen LogP contribution is 2.39. The predicted octanol–water partition coefficient (Wildman–Crippen LogP) is 2.89. The summed E-state index contributed by atoms with van der Waals surface area (Å²) in [5, 5.41) is 2.95. The van der Waals surface area contributed by atoms with Crippen LogP contribution in [0.3, 0.4) is 0 Å². The number of nitrogens with one attached hydrogen (secondary N) is 1. The molecule has 0 saturated carbocycles. The monoisotopic (exact) mass is 287 g/mol. The van der Waals surface area contributed by atoms with Gasteiger partial charge in [0.1, 0.15) is 12.1 Å². The zero-order chi connectivity index (χ0) is 15.0. The Labute approximate surface area is 118 Å². The lowest BCUT2D eigenvalue weighted by Crippen LogP contribution is -2.65. The van der Waals surface area contributed by atoms with E-state index < -0.39 is 8.32 Å². The van der Waals surface area contributed by atoms with Crippen molar-refractivity contribution in [3.05, 3.63) is 0 Å². The largest absolute Gasteiger partial charge is 0.413 e. The summed E-state index contributed by atoms with van der Waals surface area (Å²) in [5.74, 6) is -0.145. The molecule has 1 saturated heterocycles. The third-order valence-electron chi connectivity index (χ3n) is 4.12. The lowest BCUT2D eigenvalue weighted by atomic mass is 9.93. The fourth-order valence-electron chi connectivity index (χ4n) is 1.95. The fraction of sp³-hybridized carbons (Fsp3) is 0.929. The molecule has 1 fully saturated rings. The molecule has 1 amide bonds. The van der Waals surface area contributed by atoms with E-state index in [1.165, 1.54) is 0 Å². The molecule has 1 N–H and O–H groups in total. The van der Waals surface area contributed by atoms with E-state index in [-0.39, 0.29) is 35.3 Å². The Morgan fingerprint density at radius 1 is 1.21 bits per heavy atom. The van der Waals surface area contributed by atoms with Gasteiger partial charge in [0.15, 0.2) is 8.32 Å². The maximum atomic E-state index is 11.7. The number of carbonyl (C=O) groups excluding carboxylic acids is 1. The molecule has 1 heterocycles. The molecule has 5 heteroatoms. The maximum absolute atomic E-state index is 11.7. The minimum Gasteiger partial charge on any atom is -0.413 e. The highest BCUT2D eigenvalue weighted by molar-refractivity contribution is 6.74. The molecular formula is C14H29NO3Si. The average Bonchev–Trinajstić information content (AvgIpc) is 2.12. The Balaban J connectivity index is 2.67. The van der Waals surface area contributed by atoms with Crippen LogP contribution in [-0.2, 0) is 14.0 Å². The van der Waals surface area contributed by atoms with Crippen molar-refractivity contribution < 1.29 is 14.0 Å². The minimum atomic E-state index is -1.85. The van der Waals surface area contributed by atoms with Crippen LogP contribution >= 0.6 is 0 Å². The standard InChI is InChI=1S/C14H29NO3Si/c1-9(2)17-13-11(12(16)15-13)10(3)18-19(7,8)14(4,5)6/h9-11,13H,1-8H3,(H,15,16)/t10?,11-,13+/m0/s1. The van der Waals surface area contributed by atoms with E-state index in [0.29, 0.717) is 0 Å². The van der Waals surface area contributed by atoms with Crippen molar-refractivity contribution >= 4 is 14.2 Å². The number of ether oxygens (including phenoxy) is 1. The van der Waals surface area contributed by atoms with Gasteiger partial charge in [-0.15, -0.1) is 0 Å². The highest BCUT2D eigenvalue weighted by atomic mass is 28.4. The number of amides is 1. The summed E-state index contributed by atoms with van der Waals surface area (Å²) < 4.78 is 12.0. The van der Waals surface area contributed by atoms with E-state index >= 15 is 0 Å². The summed E-state index contributed by atoms with van der Waals surface area (Å²) in [5.41, 5.74) is 0. The molecule has 1 aliphatic rings. The fourth-order valence-corrected chi connectivity index (χ4v) is 3.38. The second kappa shape index (κ2) is 5.54. The Kier molecular flexibility index (Phi) is 4.86. The first-order chi connectivity index (χ1) is 8.45. The summed E-state index contributed by atoms with van der Waals surface area (Å²) in [7, 11) is -1.85. The maximum Gasteiger partial charge on any atom is 0.232 e. The van der Waals surface area contributed by atoms with E-state index in [1.807, 2.05) is 20.8 Å². The lowest BCUT2D eigenvalue weighted by Gasteiger charge is -2.45. The van der Waals surface area contributed by atoms with Gasteiger partial charge in [0.25, 0.3) is 0 Å². The van der Waals surface area contributed by atoms with Gasteiger partial charge in [-0.05, 0) is 38.9 Å². The van der Waals surface area contributed by atoms with Crippen LogP contribution in [0.4, 0.5) is 0 Å². The smallest absolute Gasteiger partial charge is 0.232 e. The van der Waals surface area contributed by atoms with Gasteiger partial charge in [-0.2, -0.15) is 0 Å². The molecule has 0 bridgehead atoms. The van der Waals surface area contributed by atoms with E-state index in [4.69, 9.17) is 9.16 Å².